The van der Waals surface area contributed by atoms with Crippen LogP contribution in [0.3, 0.4) is 0 Å². The van der Waals surface area contributed by atoms with Gasteiger partial charge in [-0.3, -0.25) is 4.79 Å². The van der Waals surface area contributed by atoms with E-state index in [4.69, 9.17) is 0 Å². The monoisotopic (exact) mass is 182 g/mol. The van der Waals surface area contributed by atoms with Crippen molar-refractivity contribution < 1.29 is 9.90 Å². The van der Waals surface area contributed by atoms with Crippen molar-refractivity contribution in [2.45, 2.75) is 11.8 Å². The summed E-state index contributed by atoms with van der Waals surface area (Å²) in [4.78, 5) is 11.4. The summed E-state index contributed by atoms with van der Waals surface area (Å²) in [6.07, 6.45) is 2.56. The topological polar surface area (TPSA) is 37.3 Å². The van der Waals surface area contributed by atoms with Gasteiger partial charge in [-0.1, -0.05) is 6.07 Å². The van der Waals surface area contributed by atoms with Crippen LogP contribution in [0.5, 0.6) is 5.75 Å². The number of phenolic OH excluding ortho intramolecular Hbond substituents is 1. The highest BCUT2D eigenvalue weighted by molar-refractivity contribution is 7.98. The summed E-state index contributed by atoms with van der Waals surface area (Å²) < 4.78 is 0. The van der Waals surface area contributed by atoms with E-state index in [1.165, 1.54) is 11.8 Å². The maximum Gasteiger partial charge on any atom is 0.154 e. The molecule has 0 amide bonds. The molecule has 0 fully saturated rings. The lowest BCUT2D eigenvalue weighted by Gasteiger charge is -2.05. The summed E-state index contributed by atoms with van der Waals surface area (Å²) >= 11 is 1.45. The third-order valence-corrected chi connectivity index (χ3v) is 2.51. The highest BCUT2D eigenvalue weighted by Gasteiger charge is 2.07. The van der Waals surface area contributed by atoms with Gasteiger partial charge < -0.3 is 5.11 Å². The number of hydrogen-bond acceptors (Lipinski definition) is 3. The van der Waals surface area contributed by atoms with Crippen LogP contribution in [0, 0.1) is 6.92 Å². The normalized spacial score (nSPS) is 9.83. The summed E-state index contributed by atoms with van der Waals surface area (Å²) in [6, 6.07) is 3.64. The molecule has 2 nitrogen and oxygen atoms in total. The van der Waals surface area contributed by atoms with E-state index in [-0.39, 0.29) is 5.75 Å². The van der Waals surface area contributed by atoms with E-state index < -0.39 is 0 Å². The number of rotatable bonds is 2. The van der Waals surface area contributed by atoms with Crippen LogP contribution in [0.25, 0.3) is 0 Å². The average molecular weight is 182 g/mol. The smallest absolute Gasteiger partial charge is 0.154 e. The summed E-state index contributed by atoms with van der Waals surface area (Å²) in [5.41, 5.74) is 1.12. The van der Waals surface area contributed by atoms with Gasteiger partial charge in [-0.15, -0.1) is 11.8 Å². The molecule has 64 valence electrons. The Morgan fingerprint density at radius 2 is 2.17 bits per heavy atom. The molecule has 0 atom stereocenters. The molecule has 12 heavy (non-hydrogen) atoms. The van der Waals surface area contributed by atoms with Crippen molar-refractivity contribution in [3.63, 3.8) is 0 Å². The summed E-state index contributed by atoms with van der Waals surface area (Å²) in [5.74, 6) is 0.0943. The Kier molecular flexibility index (Phi) is 2.76. The fourth-order valence-electron chi connectivity index (χ4n) is 0.990. The molecule has 0 spiro atoms. The first-order valence-corrected chi connectivity index (χ1v) is 4.75. The van der Waals surface area contributed by atoms with Gasteiger partial charge in [0.15, 0.2) is 6.29 Å². The first-order valence-electron chi connectivity index (χ1n) is 3.52. The van der Waals surface area contributed by atoms with Gasteiger partial charge in [0.25, 0.3) is 0 Å². The van der Waals surface area contributed by atoms with Gasteiger partial charge in [0.05, 0.1) is 5.56 Å². The highest BCUT2D eigenvalue weighted by Crippen LogP contribution is 2.29. The lowest BCUT2D eigenvalue weighted by molar-refractivity contribution is 0.111. The van der Waals surface area contributed by atoms with E-state index in [1.807, 2.05) is 12.3 Å². The SMILES string of the molecule is CSc1ccc(C)c(O)c1C=O. The summed E-state index contributed by atoms with van der Waals surface area (Å²) in [5, 5.41) is 9.46. The molecule has 1 rings (SSSR count). The molecular formula is C9H10O2S. The number of phenols is 1. The quantitative estimate of drug-likeness (QED) is 0.563. The number of carbonyl (C=O) groups is 1. The fourth-order valence-corrected chi connectivity index (χ4v) is 1.56. The van der Waals surface area contributed by atoms with Crippen LogP contribution >= 0.6 is 11.8 Å². The molecule has 0 heterocycles. The molecule has 0 aliphatic carbocycles. The molecular weight excluding hydrogens is 172 g/mol. The standard InChI is InChI=1S/C9H10O2S/c1-6-3-4-8(12-2)7(5-10)9(6)11/h3-5,11H,1-2H3. The van der Waals surface area contributed by atoms with Crippen molar-refractivity contribution in [3.8, 4) is 5.75 Å². The predicted molar refractivity (Wildman–Crippen MR) is 50.0 cm³/mol. The number of thioether (sulfide) groups is 1. The van der Waals surface area contributed by atoms with Gasteiger partial charge in [-0.2, -0.15) is 0 Å². The molecule has 0 saturated carbocycles. The molecule has 0 unspecified atom stereocenters. The molecule has 3 heteroatoms. The third kappa shape index (κ3) is 1.46. The second-order valence-electron chi connectivity index (χ2n) is 2.46. The van der Waals surface area contributed by atoms with Crippen molar-refractivity contribution in [1.29, 1.82) is 0 Å². The van der Waals surface area contributed by atoms with Gasteiger partial charge in [-0.05, 0) is 24.8 Å². The Bertz CT molecular complexity index is 308. The number of aryl methyl sites for hydroxylation is 1. The second-order valence-corrected chi connectivity index (χ2v) is 3.31. The average Bonchev–Trinajstić information content (AvgIpc) is 2.09. The van der Waals surface area contributed by atoms with Crippen LogP contribution in [-0.2, 0) is 0 Å². The van der Waals surface area contributed by atoms with Gasteiger partial charge in [0.2, 0.25) is 0 Å². The van der Waals surface area contributed by atoms with Crippen LogP contribution in [0.15, 0.2) is 17.0 Å². The molecule has 0 aliphatic heterocycles. The van der Waals surface area contributed by atoms with E-state index in [0.717, 1.165) is 10.5 Å². The van der Waals surface area contributed by atoms with E-state index in [9.17, 15) is 9.90 Å². The minimum absolute atomic E-state index is 0.0943. The number of aldehydes is 1. The Labute approximate surface area is 75.6 Å². The lowest BCUT2D eigenvalue weighted by Crippen LogP contribution is -1.88. The largest absolute Gasteiger partial charge is 0.507 e. The molecule has 0 aromatic heterocycles. The highest BCUT2D eigenvalue weighted by atomic mass is 32.2. The summed E-state index contributed by atoms with van der Waals surface area (Å²) in [6.45, 7) is 1.77. The van der Waals surface area contributed by atoms with E-state index in [0.29, 0.717) is 11.8 Å². The molecule has 0 saturated heterocycles. The Hall–Kier alpha value is -0.960. The van der Waals surface area contributed by atoms with Crippen LogP contribution in [0.2, 0.25) is 0 Å². The second kappa shape index (κ2) is 3.63. The van der Waals surface area contributed by atoms with Crippen molar-refractivity contribution in [2.75, 3.05) is 6.26 Å². The zero-order chi connectivity index (χ0) is 9.14. The molecule has 1 aromatic carbocycles. The molecule has 0 radical (unpaired) electrons. The Balaban J connectivity index is 3.35. The van der Waals surface area contributed by atoms with Crippen molar-refractivity contribution in [3.05, 3.63) is 23.3 Å². The summed E-state index contributed by atoms with van der Waals surface area (Å²) in [7, 11) is 0. The fraction of sp³-hybridized carbons (Fsp3) is 0.222. The van der Waals surface area contributed by atoms with Gasteiger partial charge in [0, 0.05) is 4.90 Å². The maximum atomic E-state index is 10.6. The Morgan fingerprint density at radius 1 is 1.50 bits per heavy atom. The van der Waals surface area contributed by atoms with E-state index >= 15 is 0 Å². The maximum absolute atomic E-state index is 10.6. The lowest BCUT2D eigenvalue weighted by atomic mass is 10.1. The van der Waals surface area contributed by atoms with Crippen molar-refractivity contribution >= 4 is 18.0 Å². The number of carbonyl (C=O) groups excluding carboxylic acids is 1. The van der Waals surface area contributed by atoms with E-state index in [1.54, 1.807) is 13.0 Å². The zero-order valence-electron chi connectivity index (χ0n) is 7.00. The molecule has 0 aliphatic rings. The first kappa shape index (κ1) is 9.13. The molecule has 1 aromatic rings. The van der Waals surface area contributed by atoms with Crippen LogP contribution in [0.1, 0.15) is 15.9 Å². The first-order chi connectivity index (χ1) is 5.70. The number of benzene rings is 1. The van der Waals surface area contributed by atoms with Gasteiger partial charge in [0.1, 0.15) is 5.75 Å². The van der Waals surface area contributed by atoms with Gasteiger partial charge in [-0.25, -0.2) is 0 Å². The third-order valence-electron chi connectivity index (χ3n) is 1.72. The van der Waals surface area contributed by atoms with Crippen molar-refractivity contribution in [2.24, 2.45) is 0 Å². The minimum atomic E-state index is 0.0943. The van der Waals surface area contributed by atoms with Crippen LogP contribution < -0.4 is 0 Å². The van der Waals surface area contributed by atoms with E-state index in [2.05, 4.69) is 0 Å². The Morgan fingerprint density at radius 3 is 2.67 bits per heavy atom. The van der Waals surface area contributed by atoms with Crippen molar-refractivity contribution in [1.82, 2.24) is 0 Å². The van der Waals surface area contributed by atoms with Crippen LogP contribution in [0.4, 0.5) is 0 Å². The zero-order valence-corrected chi connectivity index (χ0v) is 7.81. The minimum Gasteiger partial charge on any atom is -0.507 e. The predicted octanol–water partition coefficient (Wildman–Crippen LogP) is 2.24. The molecule has 0 bridgehead atoms. The van der Waals surface area contributed by atoms with Gasteiger partial charge >= 0.3 is 0 Å². The number of hydrogen-bond donors (Lipinski definition) is 1. The molecule has 1 N–H and O–H groups in total. The van der Waals surface area contributed by atoms with Crippen LogP contribution in [-0.4, -0.2) is 17.6 Å². The number of aromatic hydroxyl groups is 1.